The van der Waals surface area contributed by atoms with Crippen molar-refractivity contribution in [2.45, 2.75) is 50.4 Å². The predicted octanol–water partition coefficient (Wildman–Crippen LogP) is 6.74. The molecule has 37 heavy (non-hydrogen) atoms. The minimum absolute atomic E-state index is 0.0139. The smallest absolute Gasteiger partial charge is 0.298 e. The SMILES string of the molecule is N#CC(C#N)=C1C(c2ccccc2)[C@@H]2CC[C@H]1C2.O=C1C(c2ccccc2)[C@@H]2CC[C@H]1C2.[C-]#[N+]CC#N. The van der Waals surface area contributed by atoms with Crippen LogP contribution in [0.3, 0.4) is 0 Å². The molecule has 0 aliphatic heterocycles. The van der Waals surface area contributed by atoms with Gasteiger partial charge in [-0.3, -0.25) is 4.79 Å². The number of Topliss-reactive ketones (excluding diaryl/α,β-unsaturated/α-hetero) is 1. The van der Waals surface area contributed by atoms with Gasteiger partial charge in [0.15, 0.2) is 0 Å². The summed E-state index contributed by atoms with van der Waals surface area (Å²) in [6, 6.07) is 26.5. The van der Waals surface area contributed by atoms with Gasteiger partial charge in [0.25, 0.3) is 6.54 Å². The number of carbonyl (C=O) groups is 1. The molecule has 6 atom stereocenters. The minimum atomic E-state index is -0.0139. The van der Waals surface area contributed by atoms with Gasteiger partial charge >= 0.3 is 0 Å². The van der Waals surface area contributed by atoms with E-state index in [-0.39, 0.29) is 12.5 Å². The Morgan fingerprint density at radius 1 is 0.784 bits per heavy atom. The van der Waals surface area contributed by atoms with Crippen molar-refractivity contribution in [3.8, 4) is 18.2 Å². The lowest BCUT2D eigenvalue weighted by atomic mass is 9.78. The van der Waals surface area contributed by atoms with Gasteiger partial charge < -0.3 is 4.85 Å². The average molecular weight is 487 g/mol. The summed E-state index contributed by atoms with van der Waals surface area (Å²) < 4.78 is 0. The van der Waals surface area contributed by atoms with Crippen LogP contribution in [0.2, 0.25) is 0 Å². The van der Waals surface area contributed by atoms with E-state index >= 15 is 0 Å². The third kappa shape index (κ3) is 5.48. The molecule has 0 heterocycles. The van der Waals surface area contributed by atoms with Crippen molar-refractivity contribution < 1.29 is 4.79 Å². The lowest BCUT2D eigenvalue weighted by Crippen LogP contribution is -2.19. The number of nitrogens with zero attached hydrogens (tertiary/aromatic N) is 4. The average Bonchev–Trinajstić information content (AvgIpc) is 3.74. The summed E-state index contributed by atoms with van der Waals surface area (Å²) in [5.74, 6) is 3.18. The fraction of sp³-hybridized carbons (Fsp3) is 0.406. The molecule has 184 valence electrons. The highest BCUT2D eigenvalue weighted by Crippen LogP contribution is 2.57. The number of nitriles is 3. The van der Waals surface area contributed by atoms with Crippen molar-refractivity contribution in [3.63, 3.8) is 0 Å². The zero-order chi connectivity index (χ0) is 26.2. The van der Waals surface area contributed by atoms with Gasteiger partial charge in [-0.15, -0.1) is 0 Å². The predicted molar refractivity (Wildman–Crippen MR) is 140 cm³/mol. The van der Waals surface area contributed by atoms with Crippen LogP contribution in [0.25, 0.3) is 4.85 Å². The molecule has 4 saturated carbocycles. The Balaban J connectivity index is 0.000000150. The molecule has 2 aromatic rings. The Morgan fingerprint density at radius 2 is 1.30 bits per heavy atom. The van der Waals surface area contributed by atoms with E-state index in [0.29, 0.717) is 40.9 Å². The summed E-state index contributed by atoms with van der Waals surface area (Å²) in [5, 5.41) is 25.9. The summed E-state index contributed by atoms with van der Waals surface area (Å²) in [5.41, 5.74) is 3.98. The summed E-state index contributed by atoms with van der Waals surface area (Å²) in [6.07, 6.45) is 7.09. The Morgan fingerprint density at radius 3 is 1.76 bits per heavy atom. The lowest BCUT2D eigenvalue weighted by Gasteiger charge is -2.25. The highest BCUT2D eigenvalue weighted by atomic mass is 16.1. The molecule has 0 aromatic heterocycles. The molecule has 5 nitrogen and oxygen atoms in total. The fourth-order valence-electron chi connectivity index (χ4n) is 6.93. The standard InChI is InChI=1S/C16H14N2.C13H14O.C3H2N2/c17-9-14(10-18)16-13-7-6-12(8-13)15(16)11-4-2-1-3-5-11;14-13-11-7-6-10(8-11)12(13)9-4-2-1-3-5-9;1-5-3-2-4/h1-5,12-13,15H,6-8H2;1-5,10-12H,6-8H2;3H2/t12-,13+,15?;10-,11+,12?;/m11./s1. The minimum Gasteiger partial charge on any atom is -0.301 e. The van der Waals surface area contributed by atoms with Gasteiger partial charge in [0.1, 0.15) is 29.6 Å². The van der Waals surface area contributed by atoms with Gasteiger partial charge in [0, 0.05) is 17.8 Å². The number of benzene rings is 2. The van der Waals surface area contributed by atoms with Crippen LogP contribution in [0.4, 0.5) is 0 Å². The summed E-state index contributed by atoms with van der Waals surface area (Å²) in [4.78, 5) is 14.7. The van der Waals surface area contributed by atoms with Crippen molar-refractivity contribution in [3.05, 3.63) is 94.4 Å². The molecule has 6 rings (SSSR count). The van der Waals surface area contributed by atoms with Gasteiger partial charge in [0.05, 0.1) is 0 Å². The Bertz CT molecular complexity index is 1280. The molecular weight excluding hydrogens is 456 g/mol. The molecule has 4 aliphatic rings. The fourth-order valence-corrected chi connectivity index (χ4v) is 6.93. The van der Waals surface area contributed by atoms with Crippen LogP contribution in [-0.4, -0.2) is 12.3 Å². The largest absolute Gasteiger partial charge is 0.301 e. The molecule has 5 heteroatoms. The molecule has 0 amide bonds. The van der Waals surface area contributed by atoms with Crippen LogP contribution in [0.15, 0.2) is 71.8 Å². The number of ketones is 1. The number of rotatable bonds is 2. The van der Waals surface area contributed by atoms with E-state index in [1.54, 1.807) is 6.07 Å². The second-order valence-corrected chi connectivity index (χ2v) is 10.2. The van der Waals surface area contributed by atoms with E-state index in [4.69, 9.17) is 22.4 Å². The molecule has 2 unspecified atom stereocenters. The van der Waals surface area contributed by atoms with E-state index in [1.165, 1.54) is 24.0 Å². The molecule has 4 aliphatic carbocycles. The van der Waals surface area contributed by atoms with E-state index < -0.39 is 0 Å². The molecule has 0 N–H and O–H groups in total. The summed E-state index contributed by atoms with van der Waals surface area (Å²) >= 11 is 0. The Kier molecular flexibility index (Phi) is 8.52. The number of hydrogen-bond donors (Lipinski definition) is 0. The lowest BCUT2D eigenvalue weighted by molar-refractivity contribution is -0.123. The van der Waals surface area contributed by atoms with Crippen molar-refractivity contribution in [2.24, 2.45) is 23.7 Å². The first-order chi connectivity index (χ1) is 18.1. The van der Waals surface area contributed by atoms with Crippen molar-refractivity contribution in [1.82, 2.24) is 0 Å². The maximum atomic E-state index is 12.0. The monoisotopic (exact) mass is 486 g/mol. The number of allylic oxidation sites excluding steroid dienone is 2. The van der Waals surface area contributed by atoms with Crippen molar-refractivity contribution in [1.29, 1.82) is 15.8 Å². The quantitative estimate of drug-likeness (QED) is 0.267. The Labute approximate surface area is 219 Å². The van der Waals surface area contributed by atoms with Gasteiger partial charge in [-0.2, -0.15) is 15.8 Å². The van der Waals surface area contributed by atoms with Gasteiger partial charge in [-0.1, -0.05) is 60.7 Å². The molecular formula is C32H30N4O. The van der Waals surface area contributed by atoms with Crippen LogP contribution in [0.5, 0.6) is 0 Å². The maximum absolute atomic E-state index is 12.0. The van der Waals surface area contributed by atoms with Crippen molar-refractivity contribution in [2.75, 3.05) is 6.54 Å². The van der Waals surface area contributed by atoms with Crippen LogP contribution >= 0.6 is 0 Å². The number of hydrogen-bond acceptors (Lipinski definition) is 4. The molecule has 0 saturated heterocycles. The van der Waals surface area contributed by atoms with Gasteiger partial charge in [-0.25, -0.2) is 6.57 Å². The second kappa shape index (κ2) is 12.2. The zero-order valence-corrected chi connectivity index (χ0v) is 20.9. The topological polar surface area (TPSA) is 92.8 Å². The van der Waals surface area contributed by atoms with E-state index in [2.05, 4.69) is 41.2 Å². The van der Waals surface area contributed by atoms with Crippen molar-refractivity contribution >= 4 is 5.78 Å². The highest BCUT2D eigenvalue weighted by molar-refractivity contribution is 5.91. The van der Waals surface area contributed by atoms with Gasteiger partial charge in [-0.05, 0) is 73.0 Å². The van der Waals surface area contributed by atoms with Crippen LogP contribution in [-0.2, 0) is 4.79 Å². The van der Waals surface area contributed by atoms with Crippen LogP contribution in [0, 0.1) is 64.2 Å². The molecule has 0 spiro atoms. The first-order valence-electron chi connectivity index (χ1n) is 13.0. The van der Waals surface area contributed by atoms with Crippen LogP contribution < -0.4 is 0 Å². The van der Waals surface area contributed by atoms with Crippen LogP contribution in [0.1, 0.15) is 61.5 Å². The molecule has 4 bridgehead atoms. The first kappa shape index (κ1) is 25.9. The molecule has 4 fully saturated rings. The highest BCUT2D eigenvalue weighted by Gasteiger charge is 2.47. The van der Waals surface area contributed by atoms with Gasteiger partial charge in [0.2, 0.25) is 0 Å². The molecule has 0 radical (unpaired) electrons. The van der Waals surface area contributed by atoms with E-state index in [0.717, 1.165) is 31.3 Å². The van der Waals surface area contributed by atoms with E-state index in [1.807, 2.05) is 36.4 Å². The summed E-state index contributed by atoms with van der Waals surface area (Å²) in [7, 11) is 0. The summed E-state index contributed by atoms with van der Waals surface area (Å²) in [6.45, 7) is 5.99. The third-order valence-electron chi connectivity index (χ3n) is 8.35. The number of fused-ring (bicyclic) bond motifs is 4. The first-order valence-corrected chi connectivity index (χ1v) is 13.0. The normalized spacial score (nSPS) is 27.9. The van der Waals surface area contributed by atoms with E-state index in [9.17, 15) is 4.79 Å². The second-order valence-electron chi connectivity index (χ2n) is 10.2. The third-order valence-corrected chi connectivity index (χ3v) is 8.35. The zero-order valence-electron chi connectivity index (χ0n) is 20.9. The number of carbonyl (C=O) groups excluding carboxylic acids is 1. The molecule has 2 aromatic carbocycles. The Hall–Kier alpha value is -4.19. The maximum Gasteiger partial charge on any atom is 0.298 e.